The van der Waals surface area contributed by atoms with Crippen LogP contribution in [0.5, 0.6) is 0 Å². The van der Waals surface area contributed by atoms with Crippen LogP contribution >= 0.6 is 0 Å². The fourth-order valence-corrected chi connectivity index (χ4v) is 4.03. The molecular formula is C24H22N4O3. The molecule has 2 aromatic carbocycles. The number of aromatic nitrogens is 3. The van der Waals surface area contributed by atoms with Crippen molar-refractivity contribution in [2.75, 3.05) is 5.32 Å². The van der Waals surface area contributed by atoms with Gasteiger partial charge in [-0.1, -0.05) is 48.5 Å². The van der Waals surface area contributed by atoms with Gasteiger partial charge in [-0.3, -0.25) is 4.79 Å². The number of nitrogens with one attached hydrogen (secondary N) is 1. The van der Waals surface area contributed by atoms with Crippen LogP contribution in [0.3, 0.4) is 0 Å². The van der Waals surface area contributed by atoms with Gasteiger partial charge in [-0.2, -0.15) is 9.61 Å². The minimum atomic E-state index is -0.820. The molecule has 156 valence electrons. The van der Waals surface area contributed by atoms with Crippen molar-refractivity contribution in [1.82, 2.24) is 14.6 Å². The summed E-state index contributed by atoms with van der Waals surface area (Å²) in [5, 5.41) is 27.9. The molecule has 2 heterocycles. The summed E-state index contributed by atoms with van der Waals surface area (Å²) >= 11 is 0. The van der Waals surface area contributed by atoms with Gasteiger partial charge in [-0.15, -0.1) is 0 Å². The predicted molar refractivity (Wildman–Crippen MR) is 117 cm³/mol. The molecule has 5 rings (SSSR count). The van der Waals surface area contributed by atoms with E-state index in [1.54, 1.807) is 35.0 Å². The zero-order chi connectivity index (χ0) is 21.4. The van der Waals surface area contributed by atoms with Gasteiger partial charge in [-0.25, -0.2) is 4.98 Å². The number of benzene rings is 2. The number of aliphatic hydroxyl groups excluding tert-OH is 2. The molecule has 3 atom stereocenters. The van der Waals surface area contributed by atoms with Crippen LogP contribution < -0.4 is 5.32 Å². The first-order valence-electron chi connectivity index (χ1n) is 10.3. The van der Waals surface area contributed by atoms with Crippen molar-refractivity contribution in [3.05, 3.63) is 84.1 Å². The monoisotopic (exact) mass is 414 g/mol. The van der Waals surface area contributed by atoms with E-state index >= 15 is 0 Å². The van der Waals surface area contributed by atoms with Gasteiger partial charge in [0.15, 0.2) is 11.4 Å². The van der Waals surface area contributed by atoms with Crippen molar-refractivity contribution < 1.29 is 15.0 Å². The molecule has 0 bridgehead atoms. The molecule has 0 radical (unpaired) electrons. The van der Waals surface area contributed by atoms with Gasteiger partial charge >= 0.3 is 0 Å². The molecule has 4 aromatic rings. The standard InChI is InChI=1S/C24H22N4O3/c29-20-10-9-18(24(20)31)26-21-11-12-25-22-14-19(27-28(21)22)16-7-4-8-17(13-16)23(30)15-5-2-1-3-6-15/h1-8,11-14,18,20,24,26,29,31H,9-10H2/t18-,20-,24+/m1/s1. The summed E-state index contributed by atoms with van der Waals surface area (Å²) in [4.78, 5) is 17.2. The van der Waals surface area contributed by atoms with E-state index in [2.05, 4.69) is 15.4 Å². The Hall–Kier alpha value is -3.55. The maximum Gasteiger partial charge on any atom is 0.193 e. The van der Waals surface area contributed by atoms with Crippen LogP contribution in [0.2, 0.25) is 0 Å². The van der Waals surface area contributed by atoms with E-state index in [0.29, 0.717) is 41.1 Å². The van der Waals surface area contributed by atoms with Crippen LogP contribution in [0.25, 0.3) is 16.9 Å². The summed E-state index contributed by atoms with van der Waals surface area (Å²) in [5.74, 6) is 0.645. The normalized spacial score (nSPS) is 20.8. The molecule has 0 unspecified atom stereocenters. The summed E-state index contributed by atoms with van der Waals surface area (Å²) in [5.41, 5.74) is 3.38. The highest BCUT2D eigenvalue weighted by Gasteiger charge is 2.33. The van der Waals surface area contributed by atoms with Crippen LogP contribution in [-0.4, -0.2) is 48.8 Å². The molecule has 3 N–H and O–H groups in total. The molecule has 0 amide bonds. The first kappa shape index (κ1) is 19.4. The third-order valence-corrected chi connectivity index (χ3v) is 5.73. The predicted octanol–water partition coefficient (Wildman–Crippen LogP) is 2.92. The number of carbonyl (C=O) groups is 1. The maximum atomic E-state index is 12.8. The van der Waals surface area contributed by atoms with E-state index in [9.17, 15) is 15.0 Å². The molecule has 2 aromatic heterocycles. The Balaban J connectivity index is 1.47. The quantitative estimate of drug-likeness (QED) is 0.434. The zero-order valence-corrected chi connectivity index (χ0v) is 16.7. The zero-order valence-electron chi connectivity index (χ0n) is 16.7. The fourth-order valence-electron chi connectivity index (χ4n) is 4.03. The van der Waals surface area contributed by atoms with Gasteiger partial charge in [0.1, 0.15) is 5.82 Å². The third kappa shape index (κ3) is 3.69. The fraction of sp³-hybridized carbons (Fsp3) is 0.208. The molecule has 0 saturated heterocycles. The van der Waals surface area contributed by atoms with Gasteiger partial charge in [-0.05, 0) is 25.0 Å². The number of anilines is 1. The number of hydrogen-bond donors (Lipinski definition) is 3. The molecule has 0 spiro atoms. The first-order chi connectivity index (χ1) is 15.1. The van der Waals surface area contributed by atoms with Crippen LogP contribution in [0.1, 0.15) is 28.8 Å². The van der Waals surface area contributed by atoms with E-state index in [4.69, 9.17) is 0 Å². The van der Waals surface area contributed by atoms with Crippen molar-refractivity contribution in [3.63, 3.8) is 0 Å². The molecule has 7 heteroatoms. The largest absolute Gasteiger partial charge is 0.390 e. The highest BCUT2D eigenvalue weighted by molar-refractivity contribution is 6.09. The second-order valence-electron chi connectivity index (χ2n) is 7.79. The van der Waals surface area contributed by atoms with Gasteiger partial charge < -0.3 is 15.5 Å². The molecule has 1 aliphatic carbocycles. The molecule has 0 aliphatic heterocycles. The number of ketones is 1. The van der Waals surface area contributed by atoms with Crippen LogP contribution in [0.4, 0.5) is 5.82 Å². The lowest BCUT2D eigenvalue weighted by atomic mass is 10.0. The van der Waals surface area contributed by atoms with Crippen molar-refractivity contribution in [2.45, 2.75) is 31.1 Å². The second kappa shape index (κ2) is 7.94. The third-order valence-electron chi connectivity index (χ3n) is 5.73. The summed E-state index contributed by atoms with van der Waals surface area (Å²) < 4.78 is 1.68. The lowest BCUT2D eigenvalue weighted by molar-refractivity contribution is 0.0391. The molecule has 7 nitrogen and oxygen atoms in total. The Morgan fingerprint density at radius 3 is 2.55 bits per heavy atom. The van der Waals surface area contributed by atoms with E-state index in [-0.39, 0.29) is 11.8 Å². The highest BCUT2D eigenvalue weighted by atomic mass is 16.3. The van der Waals surface area contributed by atoms with Gasteiger partial charge in [0.05, 0.1) is 23.9 Å². The lowest BCUT2D eigenvalue weighted by Crippen LogP contribution is -2.34. The molecular weight excluding hydrogens is 392 g/mol. The average Bonchev–Trinajstić information content (AvgIpc) is 3.39. The molecule has 1 aliphatic rings. The smallest absolute Gasteiger partial charge is 0.193 e. The van der Waals surface area contributed by atoms with E-state index in [1.165, 1.54) is 0 Å². The molecule has 1 saturated carbocycles. The Bertz CT molecular complexity index is 1240. The van der Waals surface area contributed by atoms with E-state index in [1.807, 2.05) is 42.5 Å². The number of carbonyl (C=O) groups excluding carboxylic acids is 1. The number of aliphatic hydroxyl groups is 2. The Kier molecular flexibility index (Phi) is 4.97. The molecule has 31 heavy (non-hydrogen) atoms. The van der Waals surface area contributed by atoms with Crippen LogP contribution in [0.15, 0.2) is 72.9 Å². The minimum absolute atomic E-state index is 0.0412. The topological polar surface area (TPSA) is 99.8 Å². The number of nitrogens with zero attached hydrogens (tertiary/aromatic N) is 3. The van der Waals surface area contributed by atoms with E-state index < -0.39 is 12.2 Å². The SMILES string of the molecule is O=C(c1ccccc1)c1cccc(-c2cc3nccc(N[C@@H]4CC[C@@H](O)[C@H]4O)n3n2)c1. The van der Waals surface area contributed by atoms with Gasteiger partial charge in [0, 0.05) is 29.0 Å². The van der Waals surface area contributed by atoms with Crippen molar-refractivity contribution in [2.24, 2.45) is 0 Å². The Labute approximate surface area is 179 Å². The minimum Gasteiger partial charge on any atom is -0.390 e. The average molecular weight is 414 g/mol. The lowest BCUT2D eigenvalue weighted by Gasteiger charge is -2.19. The molecule has 1 fully saturated rings. The Morgan fingerprint density at radius 1 is 0.968 bits per heavy atom. The van der Waals surface area contributed by atoms with Gasteiger partial charge in [0.25, 0.3) is 0 Å². The van der Waals surface area contributed by atoms with Crippen LogP contribution in [0, 0.1) is 0 Å². The van der Waals surface area contributed by atoms with E-state index in [0.717, 1.165) is 5.56 Å². The number of hydrogen-bond acceptors (Lipinski definition) is 6. The number of fused-ring (bicyclic) bond motifs is 1. The highest BCUT2D eigenvalue weighted by Crippen LogP contribution is 2.26. The summed E-state index contributed by atoms with van der Waals surface area (Å²) in [6, 6.07) is 20.0. The summed E-state index contributed by atoms with van der Waals surface area (Å²) in [6.07, 6.45) is 1.37. The van der Waals surface area contributed by atoms with Crippen LogP contribution in [-0.2, 0) is 0 Å². The number of rotatable bonds is 5. The van der Waals surface area contributed by atoms with Gasteiger partial charge in [0.2, 0.25) is 0 Å². The first-order valence-corrected chi connectivity index (χ1v) is 10.3. The second-order valence-corrected chi connectivity index (χ2v) is 7.79. The summed E-state index contributed by atoms with van der Waals surface area (Å²) in [7, 11) is 0. The van der Waals surface area contributed by atoms with Crippen molar-refractivity contribution >= 4 is 17.2 Å². The van der Waals surface area contributed by atoms with Crippen molar-refractivity contribution in [3.8, 4) is 11.3 Å². The summed E-state index contributed by atoms with van der Waals surface area (Å²) in [6.45, 7) is 0. The Morgan fingerprint density at radius 2 is 1.77 bits per heavy atom. The maximum absolute atomic E-state index is 12.8. The van der Waals surface area contributed by atoms with Crippen molar-refractivity contribution in [1.29, 1.82) is 0 Å².